The summed E-state index contributed by atoms with van der Waals surface area (Å²) >= 11 is 0. The number of hydrogen-bond donors (Lipinski definition) is 1. The third-order valence-electron chi connectivity index (χ3n) is 3.26. The molecular formula is C11H24N2O2S. The van der Waals surface area contributed by atoms with E-state index in [1.807, 2.05) is 6.92 Å². The molecule has 0 aromatic rings. The van der Waals surface area contributed by atoms with Gasteiger partial charge in [0, 0.05) is 19.6 Å². The van der Waals surface area contributed by atoms with Gasteiger partial charge in [0.05, 0.1) is 5.75 Å². The van der Waals surface area contributed by atoms with Crippen molar-refractivity contribution in [3.05, 3.63) is 0 Å². The van der Waals surface area contributed by atoms with Crippen LogP contribution in [0.4, 0.5) is 0 Å². The molecule has 1 aliphatic rings. The Hall–Kier alpha value is -0.130. The molecule has 0 radical (unpaired) electrons. The maximum Gasteiger partial charge on any atom is 0.215 e. The maximum atomic E-state index is 12.0. The molecule has 16 heavy (non-hydrogen) atoms. The molecule has 0 unspecified atom stereocenters. The normalized spacial score (nSPS) is 22.2. The minimum absolute atomic E-state index is 0.223. The Morgan fingerprint density at radius 2 is 1.81 bits per heavy atom. The van der Waals surface area contributed by atoms with E-state index in [9.17, 15) is 8.42 Å². The second-order valence-corrected chi connectivity index (χ2v) is 7.32. The van der Waals surface area contributed by atoms with Gasteiger partial charge in [-0.3, -0.25) is 0 Å². The Morgan fingerprint density at radius 1 is 1.25 bits per heavy atom. The minimum Gasteiger partial charge on any atom is -0.316 e. The van der Waals surface area contributed by atoms with E-state index in [2.05, 4.69) is 19.2 Å². The molecule has 0 aliphatic carbocycles. The van der Waals surface area contributed by atoms with Crippen LogP contribution in [0.25, 0.3) is 0 Å². The quantitative estimate of drug-likeness (QED) is 0.740. The maximum absolute atomic E-state index is 12.0. The molecule has 5 heteroatoms. The first-order valence-electron chi connectivity index (χ1n) is 6.06. The summed E-state index contributed by atoms with van der Waals surface area (Å²) in [6.45, 7) is 9.13. The van der Waals surface area contributed by atoms with Crippen molar-refractivity contribution in [3.8, 4) is 0 Å². The van der Waals surface area contributed by atoms with Crippen LogP contribution in [0.15, 0.2) is 0 Å². The average molecular weight is 248 g/mol. The van der Waals surface area contributed by atoms with E-state index in [0.717, 1.165) is 19.4 Å². The first-order valence-corrected chi connectivity index (χ1v) is 7.67. The van der Waals surface area contributed by atoms with Crippen LogP contribution in [0.1, 0.15) is 33.6 Å². The summed E-state index contributed by atoms with van der Waals surface area (Å²) in [4.78, 5) is 0. The fourth-order valence-corrected chi connectivity index (χ4v) is 3.28. The van der Waals surface area contributed by atoms with Gasteiger partial charge in [0.2, 0.25) is 10.0 Å². The number of nitrogens with zero attached hydrogens (tertiary/aromatic N) is 1. The van der Waals surface area contributed by atoms with Crippen LogP contribution in [0, 0.1) is 5.41 Å². The molecule has 1 fully saturated rings. The highest BCUT2D eigenvalue weighted by Crippen LogP contribution is 2.30. The van der Waals surface area contributed by atoms with Crippen molar-refractivity contribution in [3.63, 3.8) is 0 Å². The van der Waals surface area contributed by atoms with Crippen LogP contribution in [-0.2, 0) is 10.0 Å². The molecule has 1 heterocycles. The molecular weight excluding hydrogens is 224 g/mol. The van der Waals surface area contributed by atoms with Crippen molar-refractivity contribution in [2.45, 2.75) is 33.6 Å². The van der Waals surface area contributed by atoms with Crippen molar-refractivity contribution in [1.29, 1.82) is 0 Å². The first-order chi connectivity index (χ1) is 7.37. The molecule has 0 saturated carbocycles. The van der Waals surface area contributed by atoms with Crippen LogP contribution in [0.5, 0.6) is 0 Å². The van der Waals surface area contributed by atoms with E-state index < -0.39 is 10.0 Å². The van der Waals surface area contributed by atoms with Gasteiger partial charge in [-0.05, 0) is 24.8 Å². The zero-order valence-corrected chi connectivity index (χ0v) is 11.4. The number of nitrogens with one attached hydrogen (secondary N) is 1. The van der Waals surface area contributed by atoms with Crippen molar-refractivity contribution in [2.75, 3.05) is 31.9 Å². The molecule has 0 aromatic carbocycles. The summed E-state index contributed by atoms with van der Waals surface area (Å²) in [5.41, 5.74) is 0.299. The highest BCUT2D eigenvalue weighted by Gasteiger charge is 2.31. The fraction of sp³-hybridized carbons (Fsp3) is 1.00. The zero-order valence-electron chi connectivity index (χ0n) is 10.6. The number of piperidine rings is 1. The van der Waals surface area contributed by atoms with Gasteiger partial charge >= 0.3 is 0 Å². The zero-order chi connectivity index (χ0) is 12.2. The lowest BCUT2D eigenvalue weighted by molar-refractivity contribution is 0.196. The van der Waals surface area contributed by atoms with Crippen LogP contribution < -0.4 is 5.32 Å². The summed E-state index contributed by atoms with van der Waals surface area (Å²) in [6.07, 6.45) is 1.93. The summed E-state index contributed by atoms with van der Waals surface area (Å²) in [7, 11) is -3.03. The van der Waals surface area contributed by atoms with E-state index in [1.165, 1.54) is 0 Å². The van der Waals surface area contributed by atoms with Gasteiger partial charge in [-0.2, -0.15) is 0 Å². The third kappa shape index (κ3) is 4.03. The molecule has 0 spiro atoms. The number of rotatable bonds is 5. The lowest BCUT2D eigenvalue weighted by Crippen LogP contribution is -2.43. The van der Waals surface area contributed by atoms with E-state index in [0.29, 0.717) is 25.0 Å². The summed E-state index contributed by atoms with van der Waals surface area (Å²) in [5.74, 6) is 0.223. The van der Waals surface area contributed by atoms with Crippen LogP contribution in [0.2, 0.25) is 0 Å². The minimum atomic E-state index is -3.03. The third-order valence-corrected chi connectivity index (χ3v) is 5.13. The van der Waals surface area contributed by atoms with E-state index >= 15 is 0 Å². The number of hydrogen-bond acceptors (Lipinski definition) is 3. The fourth-order valence-electron chi connectivity index (χ4n) is 1.88. The average Bonchev–Trinajstić information content (AvgIpc) is 2.17. The lowest BCUT2D eigenvalue weighted by Gasteiger charge is -2.36. The molecule has 0 bridgehead atoms. The molecule has 0 amide bonds. The predicted molar refractivity (Wildman–Crippen MR) is 66.9 cm³/mol. The standard InChI is InChI=1S/C11H24N2O2S/c1-4-12-7-10-16(14,15)13-8-5-11(2,3)6-9-13/h12H,4-10H2,1-3H3. The second kappa shape index (κ2) is 5.47. The molecule has 96 valence electrons. The molecule has 1 rings (SSSR count). The molecule has 0 aromatic heterocycles. The Labute approximate surface area is 99.5 Å². The molecule has 1 saturated heterocycles. The largest absolute Gasteiger partial charge is 0.316 e. The Kier molecular flexibility index (Phi) is 4.76. The van der Waals surface area contributed by atoms with Crippen LogP contribution in [0.3, 0.4) is 0 Å². The van der Waals surface area contributed by atoms with Gasteiger partial charge in [-0.15, -0.1) is 0 Å². The van der Waals surface area contributed by atoms with Crippen LogP contribution >= 0.6 is 0 Å². The van der Waals surface area contributed by atoms with Crippen molar-refractivity contribution >= 4 is 10.0 Å². The highest BCUT2D eigenvalue weighted by atomic mass is 32.2. The topological polar surface area (TPSA) is 49.4 Å². The Bertz CT molecular complexity index is 302. The van der Waals surface area contributed by atoms with Gasteiger partial charge in [0.15, 0.2) is 0 Å². The lowest BCUT2D eigenvalue weighted by atomic mass is 9.83. The molecule has 4 nitrogen and oxygen atoms in total. The van der Waals surface area contributed by atoms with Gasteiger partial charge in [0.25, 0.3) is 0 Å². The molecule has 0 atom stereocenters. The van der Waals surface area contributed by atoms with Crippen LogP contribution in [-0.4, -0.2) is 44.7 Å². The van der Waals surface area contributed by atoms with E-state index in [4.69, 9.17) is 0 Å². The van der Waals surface area contributed by atoms with E-state index in [-0.39, 0.29) is 5.75 Å². The van der Waals surface area contributed by atoms with Gasteiger partial charge in [0.1, 0.15) is 0 Å². The monoisotopic (exact) mass is 248 g/mol. The summed E-state index contributed by atoms with van der Waals surface area (Å²) < 4.78 is 25.6. The summed E-state index contributed by atoms with van der Waals surface area (Å²) in [6, 6.07) is 0. The van der Waals surface area contributed by atoms with Crippen molar-refractivity contribution in [2.24, 2.45) is 5.41 Å². The molecule has 1 aliphatic heterocycles. The van der Waals surface area contributed by atoms with Crippen molar-refractivity contribution in [1.82, 2.24) is 9.62 Å². The highest BCUT2D eigenvalue weighted by molar-refractivity contribution is 7.89. The molecule has 1 N–H and O–H groups in total. The van der Waals surface area contributed by atoms with Gasteiger partial charge < -0.3 is 5.32 Å². The van der Waals surface area contributed by atoms with Crippen molar-refractivity contribution < 1.29 is 8.42 Å². The summed E-state index contributed by atoms with van der Waals surface area (Å²) in [5, 5.41) is 3.05. The SMILES string of the molecule is CCNCCS(=O)(=O)N1CCC(C)(C)CC1. The smallest absolute Gasteiger partial charge is 0.215 e. The Morgan fingerprint density at radius 3 is 2.31 bits per heavy atom. The Balaban J connectivity index is 2.45. The van der Waals surface area contributed by atoms with E-state index in [1.54, 1.807) is 4.31 Å². The number of sulfonamides is 1. The first kappa shape index (κ1) is 13.9. The van der Waals surface area contributed by atoms with Gasteiger partial charge in [-0.25, -0.2) is 12.7 Å². The second-order valence-electron chi connectivity index (χ2n) is 5.23. The predicted octanol–water partition coefficient (Wildman–Crippen LogP) is 1.05. The van der Waals surface area contributed by atoms with Gasteiger partial charge in [-0.1, -0.05) is 20.8 Å².